The summed E-state index contributed by atoms with van der Waals surface area (Å²) in [7, 11) is 0. The molecule has 2 saturated heterocycles. The van der Waals surface area contributed by atoms with Gasteiger partial charge in [0.15, 0.2) is 0 Å². The molecule has 1 saturated carbocycles. The first-order chi connectivity index (χ1) is 12.2. The van der Waals surface area contributed by atoms with Crippen molar-refractivity contribution in [1.29, 1.82) is 0 Å². The van der Waals surface area contributed by atoms with E-state index in [0.29, 0.717) is 6.67 Å². The number of nitrogens with one attached hydrogen (secondary N) is 1. The minimum atomic E-state index is -0.610. The van der Waals surface area contributed by atoms with Crippen LogP contribution in [0.3, 0.4) is 0 Å². The Balaban J connectivity index is 1.35. The fourth-order valence-electron chi connectivity index (χ4n) is 4.29. The molecule has 0 unspecified atom stereocenters. The Morgan fingerprint density at radius 2 is 1.60 bits per heavy atom. The maximum absolute atomic E-state index is 12.9. The molecule has 1 aromatic rings. The maximum Gasteiger partial charge on any atom is 0.326 e. The second kappa shape index (κ2) is 6.67. The molecule has 2 heterocycles. The Hall–Kier alpha value is -2.08. The molecule has 1 aromatic carbocycles. The van der Waals surface area contributed by atoms with Crippen molar-refractivity contribution in [3.8, 4) is 0 Å². The van der Waals surface area contributed by atoms with Crippen molar-refractivity contribution in [2.24, 2.45) is 0 Å². The molecule has 1 spiro atoms. The van der Waals surface area contributed by atoms with Gasteiger partial charge in [0.05, 0.1) is 6.67 Å². The van der Waals surface area contributed by atoms with Gasteiger partial charge < -0.3 is 10.2 Å². The van der Waals surface area contributed by atoms with E-state index in [0.717, 1.165) is 58.3 Å². The fourth-order valence-corrected chi connectivity index (χ4v) is 4.29. The second-order valence-electron chi connectivity index (χ2n) is 7.39. The Morgan fingerprint density at radius 1 is 0.920 bits per heavy atom. The number of hydrogen-bond acceptors (Lipinski definition) is 4. The summed E-state index contributed by atoms with van der Waals surface area (Å²) in [6.45, 7) is 3.96. The molecule has 25 heavy (non-hydrogen) atoms. The highest BCUT2D eigenvalue weighted by Gasteiger charge is 2.51. The summed E-state index contributed by atoms with van der Waals surface area (Å²) in [6.07, 6.45) is 4.78. The molecule has 0 radical (unpaired) electrons. The van der Waals surface area contributed by atoms with Crippen LogP contribution in [-0.4, -0.2) is 60.1 Å². The minimum Gasteiger partial charge on any atom is -0.369 e. The molecular weight excluding hydrogens is 316 g/mol. The predicted molar refractivity (Wildman–Crippen MR) is 96.3 cm³/mol. The van der Waals surface area contributed by atoms with Gasteiger partial charge in [-0.3, -0.25) is 9.69 Å². The molecule has 1 N–H and O–H groups in total. The van der Waals surface area contributed by atoms with Crippen LogP contribution in [0.2, 0.25) is 0 Å². The van der Waals surface area contributed by atoms with Crippen LogP contribution in [0.25, 0.3) is 0 Å². The van der Waals surface area contributed by atoms with Gasteiger partial charge in [-0.25, -0.2) is 9.69 Å². The molecule has 0 bridgehead atoms. The zero-order valence-electron chi connectivity index (χ0n) is 14.6. The van der Waals surface area contributed by atoms with Crippen LogP contribution < -0.4 is 10.2 Å². The third kappa shape index (κ3) is 3.11. The molecule has 0 aromatic heterocycles. The normalized spacial score (nSPS) is 24.0. The van der Waals surface area contributed by atoms with Gasteiger partial charge in [0.25, 0.3) is 5.91 Å². The number of benzene rings is 1. The number of rotatable bonds is 3. The van der Waals surface area contributed by atoms with E-state index in [9.17, 15) is 9.59 Å². The number of piperazine rings is 1. The quantitative estimate of drug-likeness (QED) is 0.854. The van der Waals surface area contributed by atoms with Gasteiger partial charge in [0.2, 0.25) is 0 Å². The number of para-hydroxylation sites is 1. The molecule has 0 atom stereocenters. The molecule has 6 nitrogen and oxygen atoms in total. The standard InChI is InChI=1S/C19H26N4O2/c24-17-19(9-5-2-6-10-19)20-18(25)23(17)15-21-11-13-22(14-12-21)16-7-3-1-4-8-16/h1,3-4,7-8H,2,5-6,9-15H2,(H,20,25). The Bertz CT molecular complexity index is 634. The zero-order chi connectivity index (χ0) is 17.3. The fraction of sp³-hybridized carbons (Fsp3) is 0.579. The number of imide groups is 1. The Kier molecular flexibility index (Phi) is 4.37. The van der Waals surface area contributed by atoms with Crippen LogP contribution in [0, 0.1) is 0 Å². The van der Waals surface area contributed by atoms with Crippen molar-refractivity contribution in [1.82, 2.24) is 15.1 Å². The summed E-state index contributed by atoms with van der Waals surface area (Å²) >= 11 is 0. The van der Waals surface area contributed by atoms with Crippen molar-refractivity contribution in [3.05, 3.63) is 30.3 Å². The average Bonchev–Trinajstić information content (AvgIpc) is 2.88. The molecule has 3 fully saturated rings. The largest absolute Gasteiger partial charge is 0.369 e. The van der Waals surface area contributed by atoms with E-state index in [1.807, 2.05) is 6.07 Å². The van der Waals surface area contributed by atoms with Gasteiger partial charge >= 0.3 is 6.03 Å². The lowest BCUT2D eigenvalue weighted by atomic mass is 9.82. The number of urea groups is 1. The third-order valence-corrected chi connectivity index (χ3v) is 5.79. The highest BCUT2D eigenvalue weighted by molar-refractivity contribution is 6.07. The van der Waals surface area contributed by atoms with E-state index in [1.165, 1.54) is 10.6 Å². The van der Waals surface area contributed by atoms with Crippen LogP contribution in [-0.2, 0) is 4.79 Å². The lowest BCUT2D eigenvalue weighted by Crippen LogP contribution is -2.52. The average molecular weight is 342 g/mol. The van der Waals surface area contributed by atoms with E-state index in [2.05, 4.69) is 39.4 Å². The molecule has 4 rings (SSSR count). The second-order valence-corrected chi connectivity index (χ2v) is 7.39. The number of hydrogen-bond donors (Lipinski definition) is 1. The first kappa shape index (κ1) is 16.4. The summed E-state index contributed by atoms with van der Waals surface area (Å²) in [5.74, 6) is -0.0114. The molecule has 6 heteroatoms. The van der Waals surface area contributed by atoms with Crippen molar-refractivity contribution in [2.75, 3.05) is 37.7 Å². The number of carbonyl (C=O) groups excluding carboxylic acids is 2. The maximum atomic E-state index is 12.9. The van der Waals surface area contributed by atoms with Crippen LogP contribution >= 0.6 is 0 Å². The van der Waals surface area contributed by atoms with Gasteiger partial charge in [-0.1, -0.05) is 37.5 Å². The van der Waals surface area contributed by atoms with E-state index >= 15 is 0 Å². The van der Waals surface area contributed by atoms with Gasteiger partial charge in [-0.2, -0.15) is 0 Å². The number of carbonyl (C=O) groups is 2. The van der Waals surface area contributed by atoms with Gasteiger partial charge in [0.1, 0.15) is 5.54 Å². The molecule has 134 valence electrons. The van der Waals surface area contributed by atoms with Crippen LogP contribution in [0.5, 0.6) is 0 Å². The molecule has 1 aliphatic carbocycles. The summed E-state index contributed by atoms with van der Waals surface area (Å²) in [5, 5.41) is 2.99. The first-order valence-corrected chi connectivity index (χ1v) is 9.34. The number of amides is 3. The lowest BCUT2D eigenvalue weighted by Gasteiger charge is -2.37. The number of nitrogens with zero attached hydrogens (tertiary/aromatic N) is 3. The van der Waals surface area contributed by atoms with Gasteiger partial charge in [-0.15, -0.1) is 0 Å². The highest BCUT2D eigenvalue weighted by Crippen LogP contribution is 2.33. The zero-order valence-corrected chi connectivity index (χ0v) is 14.6. The summed E-state index contributed by atoms with van der Waals surface area (Å²) in [6, 6.07) is 10.2. The van der Waals surface area contributed by atoms with E-state index in [4.69, 9.17) is 0 Å². The molecule has 2 aliphatic heterocycles. The SMILES string of the molecule is O=C1NC2(CCCCC2)C(=O)N1CN1CCN(c2ccccc2)CC1. The molecule has 3 amide bonds. The Labute approximate surface area is 148 Å². The third-order valence-electron chi connectivity index (χ3n) is 5.79. The van der Waals surface area contributed by atoms with Crippen molar-refractivity contribution >= 4 is 17.6 Å². The van der Waals surface area contributed by atoms with Gasteiger partial charge in [0, 0.05) is 31.9 Å². The lowest BCUT2D eigenvalue weighted by molar-refractivity contribution is -0.133. The first-order valence-electron chi connectivity index (χ1n) is 9.34. The highest BCUT2D eigenvalue weighted by atomic mass is 16.2. The summed E-state index contributed by atoms with van der Waals surface area (Å²) in [5.41, 5.74) is 0.625. The van der Waals surface area contributed by atoms with Crippen molar-refractivity contribution < 1.29 is 9.59 Å². The van der Waals surface area contributed by atoms with Crippen LogP contribution in [0.1, 0.15) is 32.1 Å². The number of anilines is 1. The van der Waals surface area contributed by atoms with E-state index in [-0.39, 0.29) is 11.9 Å². The van der Waals surface area contributed by atoms with E-state index in [1.54, 1.807) is 0 Å². The topological polar surface area (TPSA) is 55.9 Å². The van der Waals surface area contributed by atoms with E-state index < -0.39 is 5.54 Å². The van der Waals surface area contributed by atoms with Crippen LogP contribution in [0.4, 0.5) is 10.5 Å². The van der Waals surface area contributed by atoms with Crippen molar-refractivity contribution in [2.45, 2.75) is 37.6 Å². The smallest absolute Gasteiger partial charge is 0.326 e. The van der Waals surface area contributed by atoms with Crippen LogP contribution in [0.15, 0.2) is 30.3 Å². The predicted octanol–water partition coefficient (Wildman–Crippen LogP) is 2.02. The Morgan fingerprint density at radius 3 is 2.28 bits per heavy atom. The van der Waals surface area contributed by atoms with Crippen molar-refractivity contribution in [3.63, 3.8) is 0 Å². The summed E-state index contributed by atoms with van der Waals surface area (Å²) in [4.78, 5) is 31.2. The van der Waals surface area contributed by atoms with Gasteiger partial charge in [-0.05, 0) is 25.0 Å². The molecular formula is C19H26N4O2. The monoisotopic (exact) mass is 342 g/mol. The molecule has 3 aliphatic rings. The summed E-state index contributed by atoms with van der Waals surface area (Å²) < 4.78 is 0. The minimum absolute atomic E-state index is 0.0114.